The van der Waals surface area contributed by atoms with Crippen molar-refractivity contribution in [3.63, 3.8) is 0 Å². The van der Waals surface area contributed by atoms with Gasteiger partial charge in [-0.05, 0) is 71.6 Å². The Morgan fingerprint density at radius 2 is 1.16 bits per heavy atom. The van der Waals surface area contributed by atoms with Crippen LogP contribution in [0.25, 0.3) is 0 Å². The predicted molar refractivity (Wildman–Crippen MR) is 181 cm³/mol. The molecule has 0 aliphatic carbocycles. The third-order valence-electron chi connectivity index (χ3n) is 8.21. The molecule has 256 valence electrons. The molecule has 0 rings (SSSR count). The van der Waals surface area contributed by atoms with Crippen LogP contribution < -0.4 is 0 Å². The van der Waals surface area contributed by atoms with Gasteiger partial charge in [-0.2, -0.15) is 0 Å². The second-order valence-electron chi connectivity index (χ2n) is 12.6. The number of hydrogen-bond donors (Lipinski definition) is 0. The molecule has 0 bridgehead atoms. The van der Waals surface area contributed by atoms with Gasteiger partial charge in [0.15, 0.2) is 0 Å². The van der Waals surface area contributed by atoms with Crippen LogP contribution in [0.2, 0.25) is 0 Å². The molecule has 7 heteroatoms. The van der Waals surface area contributed by atoms with Crippen molar-refractivity contribution in [3.05, 3.63) is 0 Å². The fourth-order valence-electron chi connectivity index (χ4n) is 5.40. The zero-order valence-electron chi connectivity index (χ0n) is 29.1. The van der Waals surface area contributed by atoms with Crippen LogP contribution in [0.4, 0.5) is 0 Å². The monoisotopic (exact) mass is 613 g/mol. The van der Waals surface area contributed by atoms with Crippen LogP contribution in [0.5, 0.6) is 0 Å². The molecule has 0 saturated carbocycles. The molecule has 0 fully saturated rings. The van der Waals surface area contributed by atoms with Crippen molar-refractivity contribution in [2.24, 2.45) is 5.92 Å². The first kappa shape index (κ1) is 42.0. The summed E-state index contributed by atoms with van der Waals surface area (Å²) in [5, 5.41) is 0. The molecule has 0 aliphatic heterocycles. The zero-order valence-corrected chi connectivity index (χ0v) is 29.1. The molecule has 0 unspecified atom stereocenters. The van der Waals surface area contributed by atoms with Gasteiger partial charge in [0.05, 0.1) is 33.0 Å². The average Bonchev–Trinajstić information content (AvgIpc) is 2.99. The Balaban J connectivity index is 4.11. The lowest BCUT2D eigenvalue weighted by Crippen LogP contribution is -2.30. The summed E-state index contributed by atoms with van der Waals surface area (Å²) in [6.07, 6.45) is 23.9. The zero-order chi connectivity index (χ0) is 31.6. The second kappa shape index (κ2) is 33.9. The van der Waals surface area contributed by atoms with Crippen LogP contribution in [0.3, 0.4) is 0 Å². The van der Waals surface area contributed by atoms with Crippen LogP contribution >= 0.6 is 0 Å². The minimum Gasteiger partial charge on any atom is -0.466 e. The summed E-state index contributed by atoms with van der Waals surface area (Å²) < 4.78 is 17.0. The standard InChI is InChI=1S/C36H72N2O5/c1-5-7-9-14-21-35(22-15-10-8-6-2)23-20-30-43-36(40)24-16-13-18-26-38(25-17-11-12-19-29-39)28-32-42-34-33-41-31-27-37(3)4/h29,35H,5-28,30-34H2,1-4H3. The highest BCUT2D eigenvalue weighted by atomic mass is 16.5. The summed E-state index contributed by atoms with van der Waals surface area (Å²) in [6.45, 7) is 11.7. The van der Waals surface area contributed by atoms with Crippen LogP contribution in [-0.4, -0.2) is 95.4 Å². The highest BCUT2D eigenvalue weighted by Gasteiger charge is 2.10. The second-order valence-corrected chi connectivity index (χ2v) is 12.6. The Morgan fingerprint density at radius 3 is 1.74 bits per heavy atom. The lowest BCUT2D eigenvalue weighted by Gasteiger charge is -2.22. The first-order chi connectivity index (χ1) is 21.0. The van der Waals surface area contributed by atoms with Crippen molar-refractivity contribution in [3.8, 4) is 0 Å². The largest absolute Gasteiger partial charge is 0.466 e. The van der Waals surface area contributed by atoms with Gasteiger partial charge in [-0.25, -0.2) is 0 Å². The SMILES string of the molecule is CCCCCCC(CCCCCC)CCCOC(=O)CCCCCN(CCCCCC=O)CCOCCOCCN(C)C. The Hall–Kier alpha value is -1.02. The number of nitrogens with zero attached hydrogens (tertiary/aromatic N) is 2. The van der Waals surface area contributed by atoms with Gasteiger partial charge in [0, 0.05) is 25.9 Å². The third-order valence-corrected chi connectivity index (χ3v) is 8.21. The minimum absolute atomic E-state index is 0.0318. The molecule has 0 N–H and O–H groups in total. The van der Waals surface area contributed by atoms with Crippen LogP contribution in [0.1, 0.15) is 142 Å². The number of unbranched alkanes of at least 4 members (excludes halogenated alkanes) is 11. The predicted octanol–water partition coefficient (Wildman–Crippen LogP) is 8.08. The summed E-state index contributed by atoms with van der Waals surface area (Å²) in [5.41, 5.74) is 0. The lowest BCUT2D eigenvalue weighted by atomic mass is 9.91. The number of likely N-dealkylation sites (N-methyl/N-ethyl adjacent to an activating group) is 1. The number of aldehydes is 1. The molecule has 0 atom stereocenters. The lowest BCUT2D eigenvalue weighted by molar-refractivity contribution is -0.144. The van der Waals surface area contributed by atoms with Gasteiger partial charge in [-0.15, -0.1) is 0 Å². The van der Waals surface area contributed by atoms with E-state index in [0.29, 0.717) is 39.3 Å². The number of carbonyl (C=O) groups is 2. The van der Waals surface area contributed by atoms with Gasteiger partial charge in [0.25, 0.3) is 0 Å². The molecule has 0 aromatic carbocycles. The van der Waals surface area contributed by atoms with Gasteiger partial charge < -0.3 is 28.8 Å². The summed E-state index contributed by atoms with van der Waals surface area (Å²) in [5.74, 6) is 0.767. The van der Waals surface area contributed by atoms with E-state index in [1.807, 2.05) is 14.1 Å². The highest BCUT2D eigenvalue weighted by molar-refractivity contribution is 5.69. The molecule has 0 radical (unpaired) electrons. The van der Waals surface area contributed by atoms with Crippen molar-refractivity contribution in [2.75, 3.05) is 73.3 Å². The average molecular weight is 613 g/mol. The van der Waals surface area contributed by atoms with Crippen molar-refractivity contribution in [1.29, 1.82) is 0 Å². The Morgan fingerprint density at radius 1 is 0.605 bits per heavy atom. The first-order valence-corrected chi connectivity index (χ1v) is 18.1. The molecule has 7 nitrogen and oxygen atoms in total. The van der Waals surface area contributed by atoms with Crippen LogP contribution in [-0.2, 0) is 23.8 Å². The van der Waals surface area contributed by atoms with Gasteiger partial charge >= 0.3 is 5.97 Å². The van der Waals surface area contributed by atoms with E-state index in [4.69, 9.17) is 14.2 Å². The number of rotatable bonds is 35. The highest BCUT2D eigenvalue weighted by Crippen LogP contribution is 2.23. The van der Waals surface area contributed by atoms with E-state index in [-0.39, 0.29) is 5.97 Å². The minimum atomic E-state index is -0.0318. The summed E-state index contributed by atoms with van der Waals surface area (Å²) in [6, 6.07) is 0. The molecule has 0 aromatic rings. The summed E-state index contributed by atoms with van der Waals surface area (Å²) >= 11 is 0. The maximum atomic E-state index is 12.3. The van der Waals surface area contributed by atoms with E-state index in [1.54, 1.807) is 0 Å². The molecule has 0 amide bonds. The molecular formula is C36H72N2O5. The maximum absolute atomic E-state index is 12.3. The van der Waals surface area contributed by atoms with Crippen molar-refractivity contribution >= 4 is 12.3 Å². The summed E-state index contributed by atoms with van der Waals surface area (Å²) in [7, 11) is 4.09. The Labute approximate surface area is 267 Å². The number of esters is 1. The van der Waals surface area contributed by atoms with Crippen molar-refractivity contribution in [1.82, 2.24) is 9.80 Å². The van der Waals surface area contributed by atoms with E-state index < -0.39 is 0 Å². The van der Waals surface area contributed by atoms with Gasteiger partial charge in [0.1, 0.15) is 6.29 Å². The molecule has 0 aliphatic rings. The van der Waals surface area contributed by atoms with Crippen LogP contribution in [0, 0.1) is 5.92 Å². The smallest absolute Gasteiger partial charge is 0.305 e. The van der Waals surface area contributed by atoms with E-state index in [9.17, 15) is 9.59 Å². The van der Waals surface area contributed by atoms with E-state index in [1.165, 1.54) is 70.6 Å². The van der Waals surface area contributed by atoms with Gasteiger partial charge in [-0.3, -0.25) is 4.79 Å². The van der Waals surface area contributed by atoms with Gasteiger partial charge in [0.2, 0.25) is 0 Å². The molecular weight excluding hydrogens is 540 g/mol. The fourth-order valence-corrected chi connectivity index (χ4v) is 5.40. The van der Waals surface area contributed by atoms with E-state index >= 15 is 0 Å². The first-order valence-electron chi connectivity index (χ1n) is 18.1. The Kier molecular flexibility index (Phi) is 33.1. The quantitative estimate of drug-likeness (QED) is 0.0407. The van der Waals surface area contributed by atoms with Gasteiger partial charge in [-0.1, -0.05) is 90.9 Å². The van der Waals surface area contributed by atoms with E-state index in [0.717, 1.165) is 89.9 Å². The molecule has 0 spiro atoms. The summed E-state index contributed by atoms with van der Waals surface area (Å²) in [4.78, 5) is 27.5. The normalized spacial score (nSPS) is 11.7. The van der Waals surface area contributed by atoms with E-state index in [2.05, 4.69) is 23.6 Å². The number of ether oxygens (including phenoxy) is 3. The molecule has 43 heavy (non-hydrogen) atoms. The fraction of sp³-hybridized carbons (Fsp3) is 0.944. The van der Waals surface area contributed by atoms with Crippen molar-refractivity contribution in [2.45, 2.75) is 142 Å². The topological polar surface area (TPSA) is 68.3 Å². The molecule has 0 heterocycles. The molecule has 0 saturated heterocycles. The third kappa shape index (κ3) is 32.2. The molecule has 0 aromatic heterocycles. The van der Waals surface area contributed by atoms with Crippen LogP contribution in [0.15, 0.2) is 0 Å². The van der Waals surface area contributed by atoms with Crippen molar-refractivity contribution < 1.29 is 23.8 Å². The Bertz CT molecular complexity index is 578. The maximum Gasteiger partial charge on any atom is 0.305 e. The number of carbonyl (C=O) groups excluding carboxylic acids is 2. The number of hydrogen-bond acceptors (Lipinski definition) is 7.